The molecule has 1 fully saturated rings. The average molecular weight is 478 g/mol. The Hall–Kier alpha value is -2.59. The number of thioether (sulfide) groups is 1. The number of hydrogen-bond donors (Lipinski definition) is 3. The second-order valence-electron chi connectivity index (χ2n) is 7.92. The van der Waals surface area contributed by atoms with E-state index in [1.165, 1.54) is 6.33 Å². The highest BCUT2D eigenvalue weighted by Gasteiger charge is 2.20. The van der Waals surface area contributed by atoms with Crippen LogP contribution in [0.25, 0.3) is 0 Å². The second kappa shape index (κ2) is 13.8. The molecule has 2 aromatic rings. The first-order chi connectivity index (χ1) is 15.8. The zero-order valence-corrected chi connectivity index (χ0v) is 20.9. The van der Waals surface area contributed by atoms with Crippen molar-refractivity contribution in [1.82, 2.24) is 20.3 Å². The van der Waals surface area contributed by atoms with Gasteiger partial charge in [-0.05, 0) is 63.4 Å². The number of aromatic nitrogens is 3. The van der Waals surface area contributed by atoms with E-state index in [2.05, 4.69) is 31.8 Å². The topological polar surface area (TPSA) is 118 Å². The summed E-state index contributed by atoms with van der Waals surface area (Å²) in [6, 6.07) is 4.08. The molecule has 0 radical (unpaired) electrons. The van der Waals surface area contributed by atoms with Gasteiger partial charge in [-0.3, -0.25) is 9.78 Å². The van der Waals surface area contributed by atoms with Crippen LogP contribution in [0.2, 0.25) is 0 Å². The third-order valence-electron chi connectivity index (χ3n) is 4.99. The Kier molecular flexibility index (Phi) is 11.2. The molecule has 1 aliphatic heterocycles. The summed E-state index contributed by atoms with van der Waals surface area (Å²) < 4.78 is 11.6. The van der Waals surface area contributed by atoms with Gasteiger partial charge in [0, 0.05) is 5.69 Å². The van der Waals surface area contributed by atoms with Gasteiger partial charge < -0.3 is 25.2 Å². The van der Waals surface area contributed by atoms with Crippen LogP contribution in [-0.4, -0.2) is 64.3 Å². The fourth-order valence-electron chi connectivity index (χ4n) is 3.00. The first-order valence-electron chi connectivity index (χ1n) is 11.1. The van der Waals surface area contributed by atoms with Crippen LogP contribution in [0, 0.1) is 12.8 Å². The van der Waals surface area contributed by atoms with Crippen LogP contribution in [0.3, 0.4) is 0 Å². The molecule has 3 N–H and O–H groups in total. The second-order valence-corrected chi connectivity index (χ2v) is 8.91. The molecule has 0 unspecified atom stereocenters. The van der Waals surface area contributed by atoms with Crippen LogP contribution in [0.5, 0.6) is 11.6 Å². The molecule has 0 atom stereocenters. The lowest BCUT2D eigenvalue weighted by atomic mass is 10.1. The van der Waals surface area contributed by atoms with Crippen molar-refractivity contribution >= 4 is 29.2 Å². The van der Waals surface area contributed by atoms with Gasteiger partial charge in [0.05, 0.1) is 24.4 Å². The third kappa shape index (κ3) is 8.70. The first kappa shape index (κ1) is 26.7. The van der Waals surface area contributed by atoms with Crippen molar-refractivity contribution in [3.63, 3.8) is 0 Å². The number of aliphatic carboxylic acids is 1. The average Bonchev–Trinajstić information content (AvgIpc) is 2.80. The van der Waals surface area contributed by atoms with E-state index in [-0.39, 0.29) is 12.0 Å². The Labute approximate surface area is 200 Å². The van der Waals surface area contributed by atoms with Crippen LogP contribution >= 0.6 is 11.8 Å². The lowest BCUT2D eigenvalue weighted by Crippen LogP contribution is -2.34. The number of piperidine rings is 1. The predicted molar refractivity (Wildman–Crippen MR) is 132 cm³/mol. The number of carboxylic acids is 1. The van der Waals surface area contributed by atoms with E-state index < -0.39 is 5.97 Å². The molecule has 0 aliphatic carbocycles. The molecule has 0 aromatic carbocycles. The Bertz CT molecular complexity index is 891. The number of nitrogens with one attached hydrogen (secondary N) is 2. The summed E-state index contributed by atoms with van der Waals surface area (Å²) in [6.07, 6.45) is 6.62. The number of hydrogen-bond acceptors (Lipinski definition) is 9. The maximum atomic E-state index is 9.70. The fourth-order valence-corrected chi connectivity index (χ4v) is 3.42. The number of aryl methyl sites for hydroxylation is 2. The Morgan fingerprint density at radius 2 is 2.00 bits per heavy atom. The summed E-state index contributed by atoms with van der Waals surface area (Å²) in [7, 11) is 1.61. The molecule has 1 aliphatic rings. The highest BCUT2D eigenvalue weighted by Crippen LogP contribution is 2.34. The minimum atomic E-state index is -0.741. The Morgan fingerprint density at radius 1 is 1.30 bits per heavy atom. The summed E-state index contributed by atoms with van der Waals surface area (Å²) in [5.41, 5.74) is 2.92. The Balaban J connectivity index is 0.000000569. The first-order valence-corrected chi connectivity index (χ1v) is 12.5. The van der Waals surface area contributed by atoms with Crippen molar-refractivity contribution in [3.8, 4) is 11.6 Å². The van der Waals surface area contributed by atoms with Crippen LogP contribution in [-0.2, 0) is 11.2 Å². The van der Waals surface area contributed by atoms with Crippen LogP contribution in [0.15, 0.2) is 18.5 Å². The van der Waals surface area contributed by atoms with Crippen LogP contribution in [0.1, 0.15) is 38.1 Å². The van der Waals surface area contributed by atoms with Gasteiger partial charge in [0.15, 0.2) is 5.82 Å². The summed E-state index contributed by atoms with van der Waals surface area (Å²) in [5.74, 6) is 1.67. The number of nitrogens with zero attached hydrogens (tertiary/aromatic N) is 3. The van der Waals surface area contributed by atoms with E-state index in [0.29, 0.717) is 17.4 Å². The molecule has 3 rings (SSSR count). The van der Waals surface area contributed by atoms with Crippen LogP contribution in [0.4, 0.5) is 11.5 Å². The van der Waals surface area contributed by atoms with Crippen molar-refractivity contribution in [1.29, 1.82) is 0 Å². The number of pyridine rings is 1. The van der Waals surface area contributed by atoms with E-state index >= 15 is 0 Å². The number of rotatable bonds is 9. The van der Waals surface area contributed by atoms with Crippen molar-refractivity contribution < 1.29 is 19.4 Å². The van der Waals surface area contributed by atoms with Gasteiger partial charge in [-0.1, -0.05) is 13.8 Å². The standard InChI is InChI=1S/C19H27N5O2S.C4H8O2/c1-13-16(5-4-14(23-13)8-11-27-3)24-18-17(25-2)19(22-12-21-18)26-15-6-9-20-10-7-15;1-3(2)4(5)6/h4-5,12,15,20H,6-11H2,1-3H3,(H,21,22,24);3H,1-2H3,(H,5,6). The van der Waals surface area contributed by atoms with Crippen molar-refractivity contribution in [2.75, 3.05) is 37.5 Å². The number of carbonyl (C=O) groups is 1. The molecule has 2 aromatic heterocycles. The molecule has 10 heteroatoms. The molecule has 3 heterocycles. The SMILES string of the molecule is CC(C)C(=O)O.COc1c(Nc2ccc(CCSC)nc2C)ncnc1OC1CCNCC1. The van der Waals surface area contributed by atoms with E-state index in [1.54, 1.807) is 21.0 Å². The van der Waals surface area contributed by atoms with Crippen molar-refractivity contribution in [3.05, 3.63) is 29.8 Å². The van der Waals surface area contributed by atoms with Gasteiger partial charge >= 0.3 is 5.97 Å². The van der Waals surface area contributed by atoms with Gasteiger partial charge in [0.1, 0.15) is 12.4 Å². The van der Waals surface area contributed by atoms with Gasteiger partial charge in [0.2, 0.25) is 5.75 Å². The zero-order chi connectivity index (χ0) is 24.2. The third-order valence-corrected chi connectivity index (χ3v) is 5.60. The van der Waals surface area contributed by atoms with Gasteiger partial charge in [-0.2, -0.15) is 16.7 Å². The summed E-state index contributed by atoms with van der Waals surface area (Å²) in [5, 5.41) is 14.6. The van der Waals surface area contributed by atoms with E-state index in [9.17, 15) is 4.79 Å². The van der Waals surface area contributed by atoms with E-state index in [0.717, 1.165) is 55.2 Å². The molecular weight excluding hydrogens is 442 g/mol. The molecule has 0 amide bonds. The quantitative estimate of drug-likeness (QED) is 0.493. The molecule has 0 bridgehead atoms. The van der Waals surface area contributed by atoms with E-state index in [1.807, 2.05) is 30.8 Å². The van der Waals surface area contributed by atoms with E-state index in [4.69, 9.17) is 14.6 Å². The molecule has 33 heavy (non-hydrogen) atoms. The summed E-state index contributed by atoms with van der Waals surface area (Å²) >= 11 is 1.82. The molecule has 0 spiro atoms. The summed E-state index contributed by atoms with van der Waals surface area (Å²) in [6.45, 7) is 7.18. The number of carboxylic acid groups (broad SMARTS) is 1. The van der Waals surface area contributed by atoms with Gasteiger partial charge in [0.25, 0.3) is 5.88 Å². The predicted octanol–water partition coefficient (Wildman–Crippen LogP) is 3.70. The minimum Gasteiger partial charge on any atom is -0.489 e. The molecule has 0 saturated carbocycles. The lowest BCUT2D eigenvalue weighted by molar-refractivity contribution is -0.140. The van der Waals surface area contributed by atoms with Crippen molar-refractivity contribution in [2.45, 2.75) is 46.1 Å². The number of ether oxygens (including phenoxy) is 2. The molecular formula is C23H35N5O4S. The Morgan fingerprint density at radius 3 is 2.58 bits per heavy atom. The summed E-state index contributed by atoms with van der Waals surface area (Å²) in [4.78, 5) is 23.0. The van der Waals surface area contributed by atoms with Crippen molar-refractivity contribution in [2.24, 2.45) is 5.92 Å². The van der Waals surface area contributed by atoms with Crippen LogP contribution < -0.4 is 20.1 Å². The fraction of sp³-hybridized carbons (Fsp3) is 0.565. The monoisotopic (exact) mass is 477 g/mol. The molecule has 9 nitrogen and oxygen atoms in total. The highest BCUT2D eigenvalue weighted by atomic mass is 32.2. The maximum Gasteiger partial charge on any atom is 0.305 e. The van der Waals surface area contributed by atoms with Gasteiger partial charge in [-0.25, -0.2) is 4.98 Å². The molecule has 1 saturated heterocycles. The highest BCUT2D eigenvalue weighted by molar-refractivity contribution is 7.98. The molecule has 182 valence electrons. The number of anilines is 2. The number of methoxy groups -OCH3 is 1. The largest absolute Gasteiger partial charge is 0.489 e. The zero-order valence-electron chi connectivity index (χ0n) is 20.1. The maximum absolute atomic E-state index is 9.70. The van der Waals surface area contributed by atoms with Gasteiger partial charge in [-0.15, -0.1) is 0 Å². The minimum absolute atomic E-state index is 0.141. The lowest BCUT2D eigenvalue weighted by Gasteiger charge is -2.24. The smallest absolute Gasteiger partial charge is 0.305 e. The normalized spacial score (nSPS) is 13.8.